The van der Waals surface area contributed by atoms with Crippen molar-refractivity contribution in [1.29, 1.82) is 0 Å². The molecule has 8 heteroatoms. The molecule has 7 nitrogen and oxygen atoms in total. The predicted octanol–water partition coefficient (Wildman–Crippen LogP) is 6.94. The number of halogens is 1. The van der Waals surface area contributed by atoms with Gasteiger partial charge in [-0.05, 0) is 79.5 Å². The number of carboxylic acid groups (broad SMARTS) is 1. The van der Waals surface area contributed by atoms with Crippen molar-refractivity contribution in [2.75, 3.05) is 13.2 Å². The summed E-state index contributed by atoms with van der Waals surface area (Å²) >= 11 is 0. The zero-order chi connectivity index (χ0) is 28.8. The second-order valence-corrected chi connectivity index (χ2v) is 10.2. The van der Waals surface area contributed by atoms with Crippen LogP contribution in [-0.4, -0.2) is 38.6 Å². The third-order valence-corrected chi connectivity index (χ3v) is 7.47. The lowest BCUT2D eigenvalue weighted by Gasteiger charge is -2.11. The van der Waals surface area contributed by atoms with Gasteiger partial charge < -0.3 is 19.1 Å². The smallest absolute Gasteiger partial charge is 0.352 e. The molecule has 5 rings (SSSR count). The van der Waals surface area contributed by atoms with E-state index in [1.165, 1.54) is 17.8 Å². The third-order valence-electron chi connectivity index (χ3n) is 7.47. The third kappa shape index (κ3) is 6.43. The summed E-state index contributed by atoms with van der Waals surface area (Å²) in [7, 11) is 1.94. The number of benzene rings is 3. The van der Waals surface area contributed by atoms with Crippen LogP contribution in [0.5, 0.6) is 5.75 Å². The lowest BCUT2D eigenvalue weighted by molar-refractivity contribution is 0.0683. The van der Waals surface area contributed by atoms with Crippen LogP contribution >= 0.6 is 0 Å². The second kappa shape index (κ2) is 13.0. The Morgan fingerprint density at radius 1 is 0.976 bits per heavy atom. The average molecular weight is 558 g/mol. The van der Waals surface area contributed by atoms with Crippen LogP contribution in [0.2, 0.25) is 0 Å². The fraction of sp³-hybridized carbons (Fsp3) is 0.333. The first-order valence-electron chi connectivity index (χ1n) is 14.2. The van der Waals surface area contributed by atoms with E-state index in [-0.39, 0.29) is 5.82 Å². The van der Waals surface area contributed by atoms with Gasteiger partial charge in [0.25, 0.3) is 0 Å². The molecule has 0 saturated heterocycles. The number of unbranched alkanes of at least 4 members (excludes halogenated alkanes) is 1. The van der Waals surface area contributed by atoms with Crippen LogP contribution in [0.3, 0.4) is 0 Å². The molecule has 0 radical (unpaired) electrons. The molecule has 2 aromatic heterocycles. The van der Waals surface area contributed by atoms with Gasteiger partial charge in [-0.25, -0.2) is 9.18 Å². The number of aryl methyl sites for hydroxylation is 4. The minimum atomic E-state index is -0.925. The normalized spacial score (nSPS) is 11.5. The van der Waals surface area contributed by atoms with E-state index >= 15 is 0 Å². The number of nitrogens with zero attached hydrogens (tertiary/aromatic N) is 3. The molecule has 0 atom stereocenters. The Kier molecular flexibility index (Phi) is 8.99. The number of para-hydroxylation sites is 1. The fourth-order valence-corrected chi connectivity index (χ4v) is 5.51. The summed E-state index contributed by atoms with van der Waals surface area (Å²) in [5, 5.41) is 17.3. The number of carbonyl (C=O) groups is 1. The van der Waals surface area contributed by atoms with E-state index in [2.05, 4.69) is 18.1 Å². The van der Waals surface area contributed by atoms with Crippen molar-refractivity contribution in [1.82, 2.24) is 14.3 Å². The minimum Gasteiger partial charge on any atom is -0.493 e. The largest absolute Gasteiger partial charge is 0.493 e. The molecule has 0 saturated carbocycles. The topological polar surface area (TPSA) is 78.5 Å². The van der Waals surface area contributed by atoms with Crippen LogP contribution in [0, 0.1) is 5.82 Å². The molecule has 0 spiro atoms. The first kappa shape index (κ1) is 28.4. The lowest BCUT2D eigenvalue weighted by atomic mass is 10.1. The average Bonchev–Trinajstić information content (AvgIpc) is 3.49. The van der Waals surface area contributed by atoms with E-state index in [1.807, 2.05) is 58.8 Å². The van der Waals surface area contributed by atoms with Gasteiger partial charge in [0.2, 0.25) is 0 Å². The number of rotatable bonds is 14. The Balaban J connectivity index is 1.21. The Bertz CT molecular complexity index is 1660. The van der Waals surface area contributed by atoms with Gasteiger partial charge in [0, 0.05) is 42.2 Å². The molecule has 1 N–H and O–H groups in total. The van der Waals surface area contributed by atoms with Gasteiger partial charge in [-0.2, -0.15) is 5.10 Å². The molecule has 214 valence electrons. The van der Waals surface area contributed by atoms with E-state index in [0.717, 1.165) is 52.2 Å². The van der Waals surface area contributed by atoms with Crippen molar-refractivity contribution < 1.29 is 23.8 Å². The molecule has 0 fully saturated rings. The zero-order valence-corrected chi connectivity index (χ0v) is 23.6. The maximum atomic E-state index is 13.6. The molecule has 0 aliphatic carbocycles. The fourth-order valence-electron chi connectivity index (χ4n) is 5.51. The SMILES string of the molecule is CCc1cc(COCCCCn2c(C(=O)O)c(CCCOc3cccc4cc(F)ccc34)c3ccccc32)nn1C. The maximum absolute atomic E-state index is 13.6. The van der Waals surface area contributed by atoms with Crippen LogP contribution in [0.15, 0.2) is 66.7 Å². The first-order chi connectivity index (χ1) is 20.0. The molecule has 41 heavy (non-hydrogen) atoms. The van der Waals surface area contributed by atoms with E-state index in [0.29, 0.717) is 50.7 Å². The zero-order valence-electron chi connectivity index (χ0n) is 23.6. The molecule has 0 unspecified atom stereocenters. The Labute approximate surface area is 239 Å². The highest BCUT2D eigenvalue weighted by Crippen LogP contribution is 2.29. The molecule has 5 aromatic rings. The molecule has 0 amide bonds. The van der Waals surface area contributed by atoms with Crippen LogP contribution in [0.4, 0.5) is 4.39 Å². The second-order valence-electron chi connectivity index (χ2n) is 10.2. The number of aromatic nitrogens is 3. The summed E-state index contributed by atoms with van der Waals surface area (Å²) < 4.78 is 29.3. The van der Waals surface area contributed by atoms with Crippen LogP contribution in [-0.2, 0) is 37.8 Å². The molecule has 0 aliphatic heterocycles. The van der Waals surface area contributed by atoms with Gasteiger partial charge in [-0.15, -0.1) is 0 Å². The van der Waals surface area contributed by atoms with E-state index < -0.39 is 5.97 Å². The first-order valence-corrected chi connectivity index (χ1v) is 14.2. The van der Waals surface area contributed by atoms with Crippen molar-refractivity contribution in [3.63, 3.8) is 0 Å². The van der Waals surface area contributed by atoms with Gasteiger partial charge in [0.15, 0.2) is 0 Å². The monoisotopic (exact) mass is 557 g/mol. The molecular weight excluding hydrogens is 521 g/mol. The summed E-state index contributed by atoms with van der Waals surface area (Å²) in [6, 6.07) is 20.2. The predicted molar refractivity (Wildman–Crippen MR) is 158 cm³/mol. The van der Waals surface area contributed by atoms with Gasteiger partial charge in [-0.3, -0.25) is 4.68 Å². The molecule has 3 aromatic carbocycles. The van der Waals surface area contributed by atoms with Gasteiger partial charge in [0.1, 0.15) is 17.3 Å². The molecule has 0 bridgehead atoms. The van der Waals surface area contributed by atoms with Crippen LogP contribution in [0.25, 0.3) is 21.7 Å². The van der Waals surface area contributed by atoms with Crippen molar-refractivity contribution in [3.8, 4) is 5.75 Å². The summed E-state index contributed by atoms with van der Waals surface area (Å²) in [4.78, 5) is 12.5. The Morgan fingerprint density at radius 3 is 2.63 bits per heavy atom. The van der Waals surface area contributed by atoms with Crippen molar-refractivity contribution in [2.24, 2.45) is 7.05 Å². The lowest BCUT2D eigenvalue weighted by Crippen LogP contribution is -2.12. The molecular formula is C33H36FN3O4. The van der Waals surface area contributed by atoms with Crippen LogP contribution in [0.1, 0.15) is 53.6 Å². The highest BCUT2D eigenvalue weighted by atomic mass is 19.1. The molecule has 0 aliphatic rings. The number of carboxylic acids is 1. The minimum absolute atomic E-state index is 0.283. The number of aromatic carboxylic acids is 1. The van der Waals surface area contributed by atoms with Crippen molar-refractivity contribution >= 4 is 27.6 Å². The van der Waals surface area contributed by atoms with Gasteiger partial charge in [0.05, 0.1) is 18.9 Å². The van der Waals surface area contributed by atoms with Gasteiger partial charge in [-0.1, -0.05) is 37.3 Å². The summed E-state index contributed by atoms with van der Waals surface area (Å²) in [6.07, 6.45) is 3.76. The summed E-state index contributed by atoms with van der Waals surface area (Å²) in [6.45, 7) is 4.18. The molecule has 2 heterocycles. The highest BCUT2D eigenvalue weighted by molar-refractivity contribution is 5.98. The van der Waals surface area contributed by atoms with Crippen LogP contribution < -0.4 is 4.74 Å². The summed E-state index contributed by atoms with van der Waals surface area (Å²) in [5.74, 6) is -0.513. The Hall–Kier alpha value is -4.17. The van der Waals surface area contributed by atoms with E-state index in [4.69, 9.17) is 9.47 Å². The Morgan fingerprint density at radius 2 is 1.83 bits per heavy atom. The van der Waals surface area contributed by atoms with E-state index in [9.17, 15) is 14.3 Å². The number of hydrogen-bond acceptors (Lipinski definition) is 4. The van der Waals surface area contributed by atoms with Gasteiger partial charge >= 0.3 is 5.97 Å². The van der Waals surface area contributed by atoms with E-state index in [1.54, 1.807) is 6.07 Å². The quantitative estimate of drug-likeness (QED) is 0.150. The maximum Gasteiger partial charge on any atom is 0.352 e. The summed E-state index contributed by atoms with van der Waals surface area (Å²) in [5.41, 5.74) is 4.20. The highest BCUT2D eigenvalue weighted by Gasteiger charge is 2.21. The number of ether oxygens (including phenoxy) is 2. The number of fused-ring (bicyclic) bond motifs is 2. The van der Waals surface area contributed by atoms with Crippen molar-refractivity contribution in [2.45, 2.75) is 52.2 Å². The standard InChI is InChI=1S/C33H36FN3O4/c1-3-26-21-25(35-36(26)2)22-40-18-7-6-17-37-30-13-5-4-11-28(30)29(32(37)33(38)39)12-9-19-41-31-14-8-10-23-20-24(34)15-16-27(23)31/h4-5,8,10-11,13-16,20-21H,3,6-7,9,12,17-19,22H2,1-2H3,(H,38,39). The van der Waals surface area contributed by atoms with Crippen molar-refractivity contribution in [3.05, 3.63) is 95.2 Å². The number of hydrogen-bond donors (Lipinski definition) is 1.